The van der Waals surface area contributed by atoms with E-state index in [0.29, 0.717) is 11.3 Å². The molecule has 0 amide bonds. The Hall–Kier alpha value is -1.69. The molecule has 0 saturated carbocycles. The molecule has 4 unspecified atom stereocenters. The molecule has 2 aliphatic heterocycles. The standard InChI is InChI=1S/C19H22N2O2S/c20-18-12-11-16-17(24(22,23)15-9-5-2-6-10-15)13-19(18,21-16)14-7-3-1-4-8-14/h1-10,16-18,21H,11-13,20H2. The molecule has 0 aromatic heterocycles. The minimum atomic E-state index is -3.38. The molecule has 2 aliphatic rings. The lowest BCUT2D eigenvalue weighted by atomic mass is 9.79. The Morgan fingerprint density at radius 2 is 1.58 bits per heavy atom. The zero-order valence-corrected chi connectivity index (χ0v) is 14.2. The molecule has 0 spiro atoms. The van der Waals surface area contributed by atoms with Crippen molar-refractivity contribution in [3.05, 3.63) is 66.2 Å². The second-order valence-electron chi connectivity index (χ2n) is 6.87. The van der Waals surface area contributed by atoms with Gasteiger partial charge in [0.25, 0.3) is 0 Å². The number of nitrogens with one attached hydrogen (secondary N) is 1. The van der Waals surface area contributed by atoms with Gasteiger partial charge in [-0.25, -0.2) is 8.42 Å². The molecule has 2 saturated heterocycles. The van der Waals surface area contributed by atoms with Crippen molar-refractivity contribution in [2.24, 2.45) is 5.73 Å². The third-order valence-corrected chi connectivity index (χ3v) is 7.82. The molecule has 2 aromatic rings. The monoisotopic (exact) mass is 342 g/mol. The van der Waals surface area contributed by atoms with E-state index in [9.17, 15) is 8.42 Å². The highest BCUT2D eigenvalue weighted by Crippen LogP contribution is 2.45. The van der Waals surface area contributed by atoms with Gasteiger partial charge in [0.2, 0.25) is 0 Å². The number of piperidine rings is 1. The first kappa shape index (κ1) is 15.8. The number of hydrogen-bond acceptors (Lipinski definition) is 4. The van der Waals surface area contributed by atoms with Gasteiger partial charge in [-0.2, -0.15) is 0 Å². The zero-order chi connectivity index (χ0) is 16.8. The summed E-state index contributed by atoms with van der Waals surface area (Å²) in [6.07, 6.45) is 2.17. The average molecular weight is 342 g/mol. The first-order valence-electron chi connectivity index (χ1n) is 8.42. The van der Waals surface area contributed by atoms with Crippen LogP contribution in [0.1, 0.15) is 24.8 Å². The molecule has 4 rings (SSSR count). The molecule has 2 aromatic carbocycles. The van der Waals surface area contributed by atoms with Crippen LogP contribution in [0.25, 0.3) is 0 Å². The van der Waals surface area contributed by atoms with Crippen LogP contribution in [0.2, 0.25) is 0 Å². The number of rotatable bonds is 3. The second-order valence-corrected chi connectivity index (χ2v) is 9.04. The molecule has 2 bridgehead atoms. The van der Waals surface area contributed by atoms with E-state index in [1.54, 1.807) is 24.3 Å². The van der Waals surface area contributed by atoms with Gasteiger partial charge in [0, 0.05) is 12.1 Å². The van der Waals surface area contributed by atoms with Crippen LogP contribution in [0.15, 0.2) is 65.6 Å². The lowest BCUT2D eigenvalue weighted by Crippen LogP contribution is -2.57. The lowest BCUT2D eigenvalue weighted by Gasteiger charge is -2.40. The molecule has 5 heteroatoms. The molecular weight excluding hydrogens is 320 g/mol. The van der Waals surface area contributed by atoms with Gasteiger partial charge in [0.05, 0.1) is 15.7 Å². The van der Waals surface area contributed by atoms with Gasteiger partial charge >= 0.3 is 0 Å². The van der Waals surface area contributed by atoms with Crippen molar-refractivity contribution in [3.8, 4) is 0 Å². The van der Waals surface area contributed by atoms with E-state index in [1.807, 2.05) is 36.4 Å². The van der Waals surface area contributed by atoms with Crippen molar-refractivity contribution in [1.29, 1.82) is 0 Å². The van der Waals surface area contributed by atoms with Crippen molar-refractivity contribution in [2.75, 3.05) is 0 Å². The van der Waals surface area contributed by atoms with Gasteiger partial charge in [-0.1, -0.05) is 48.5 Å². The second kappa shape index (κ2) is 5.69. The fourth-order valence-corrected chi connectivity index (χ4v) is 6.33. The van der Waals surface area contributed by atoms with E-state index in [0.717, 1.165) is 18.4 Å². The molecule has 0 aliphatic carbocycles. The average Bonchev–Trinajstić information content (AvgIpc) is 2.97. The Balaban J connectivity index is 1.76. The predicted molar refractivity (Wildman–Crippen MR) is 94.3 cm³/mol. The minimum absolute atomic E-state index is 0.0461. The summed E-state index contributed by atoms with van der Waals surface area (Å²) in [6.45, 7) is 0. The first-order valence-corrected chi connectivity index (χ1v) is 9.96. The normalized spacial score (nSPS) is 32.6. The molecule has 3 N–H and O–H groups in total. The van der Waals surface area contributed by atoms with E-state index in [1.165, 1.54) is 0 Å². The fourth-order valence-electron chi connectivity index (χ4n) is 4.33. The van der Waals surface area contributed by atoms with Crippen LogP contribution >= 0.6 is 0 Å². The highest BCUT2D eigenvalue weighted by Gasteiger charge is 2.56. The van der Waals surface area contributed by atoms with Gasteiger partial charge in [0.15, 0.2) is 9.84 Å². The maximum absolute atomic E-state index is 13.2. The maximum Gasteiger partial charge on any atom is 0.182 e. The van der Waals surface area contributed by atoms with Crippen LogP contribution in [-0.4, -0.2) is 25.8 Å². The van der Waals surface area contributed by atoms with Gasteiger partial charge in [-0.15, -0.1) is 0 Å². The van der Waals surface area contributed by atoms with E-state index in [2.05, 4.69) is 5.32 Å². The summed E-state index contributed by atoms with van der Waals surface area (Å²) in [5.74, 6) is 0. The van der Waals surface area contributed by atoms with Gasteiger partial charge in [-0.3, -0.25) is 0 Å². The van der Waals surface area contributed by atoms with Gasteiger partial charge < -0.3 is 11.1 Å². The lowest BCUT2D eigenvalue weighted by molar-refractivity contribution is 0.238. The van der Waals surface area contributed by atoms with Crippen molar-refractivity contribution >= 4 is 9.84 Å². The predicted octanol–water partition coefficient (Wildman–Crippen LogP) is 2.21. The Kier molecular flexibility index (Phi) is 3.75. The molecule has 24 heavy (non-hydrogen) atoms. The SMILES string of the molecule is NC1CCC2NC1(c1ccccc1)CC2S(=O)(=O)c1ccccc1. The van der Waals surface area contributed by atoms with E-state index in [4.69, 9.17) is 5.73 Å². The van der Waals surface area contributed by atoms with Gasteiger partial charge in [-0.05, 0) is 37.0 Å². The van der Waals surface area contributed by atoms with Crippen LogP contribution in [0, 0.1) is 0 Å². The Morgan fingerprint density at radius 3 is 2.25 bits per heavy atom. The fraction of sp³-hybridized carbons (Fsp3) is 0.368. The van der Waals surface area contributed by atoms with Crippen molar-refractivity contribution in [3.63, 3.8) is 0 Å². The van der Waals surface area contributed by atoms with Crippen LogP contribution < -0.4 is 11.1 Å². The van der Waals surface area contributed by atoms with Crippen molar-refractivity contribution in [1.82, 2.24) is 5.32 Å². The van der Waals surface area contributed by atoms with E-state index in [-0.39, 0.29) is 12.1 Å². The van der Waals surface area contributed by atoms with Crippen LogP contribution in [0.4, 0.5) is 0 Å². The smallest absolute Gasteiger partial charge is 0.182 e. The maximum atomic E-state index is 13.2. The Labute approximate surface area is 143 Å². The van der Waals surface area contributed by atoms with Crippen LogP contribution in [0.3, 0.4) is 0 Å². The molecule has 2 heterocycles. The topological polar surface area (TPSA) is 72.2 Å². The first-order chi connectivity index (χ1) is 11.5. The molecular formula is C19H22N2O2S. The van der Waals surface area contributed by atoms with Crippen LogP contribution in [-0.2, 0) is 15.4 Å². The van der Waals surface area contributed by atoms with Crippen LogP contribution in [0.5, 0.6) is 0 Å². The van der Waals surface area contributed by atoms with Crippen molar-refractivity contribution < 1.29 is 8.42 Å². The number of fused-ring (bicyclic) bond motifs is 2. The zero-order valence-electron chi connectivity index (χ0n) is 13.4. The quantitative estimate of drug-likeness (QED) is 0.897. The molecule has 4 nitrogen and oxygen atoms in total. The largest absolute Gasteiger partial charge is 0.326 e. The highest BCUT2D eigenvalue weighted by molar-refractivity contribution is 7.92. The summed E-state index contributed by atoms with van der Waals surface area (Å²) in [5, 5.41) is 3.16. The summed E-state index contributed by atoms with van der Waals surface area (Å²) in [4.78, 5) is 0.404. The number of benzene rings is 2. The third-order valence-electron chi connectivity index (χ3n) is 5.60. The Bertz CT molecular complexity index is 823. The minimum Gasteiger partial charge on any atom is -0.326 e. The molecule has 2 fully saturated rings. The highest BCUT2D eigenvalue weighted by atomic mass is 32.2. The van der Waals surface area contributed by atoms with Crippen molar-refractivity contribution in [2.45, 2.75) is 47.0 Å². The summed E-state index contributed by atoms with van der Waals surface area (Å²) in [5.41, 5.74) is 7.11. The summed E-state index contributed by atoms with van der Waals surface area (Å²) < 4.78 is 26.4. The Morgan fingerprint density at radius 1 is 0.958 bits per heavy atom. The van der Waals surface area contributed by atoms with E-state index < -0.39 is 20.6 Å². The summed E-state index contributed by atoms with van der Waals surface area (Å²) >= 11 is 0. The number of nitrogens with two attached hydrogens (primary N) is 1. The number of sulfone groups is 1. The summed E-state index contributed by atoms with van der Waals surface area (Å²) in [7, 11) is -3.38. The third kappa shape index (κ3) is 2.31. The molecule has 126 valence electrons. The van der Waals surface area contributed by atoms with E-state index >= 15 is 0 Å². The number of hydrogen-bond donors (Lipinski definition) is 2. The molecule has 0 radical (unpaired) electrons. The van der Waals surface area contributed by atoms with Gasteiger partial charge in [0.1, 0.15) is 0 Å². The molecule has 4 atom stereocenters. The summed E-state index contributed by atoms with van der Waals surface area (Å²) in [6, 6.07) is 18.7.